The van der Waals surface area contributed by atoms with Crippen molar-refractivity contribution in [2.45, 2.75) is 51.5 Å². The quantitative estimate of drug-likeness (QED) is 0.703. The average molecular weight is 387 g/mol. The van der Waals surface area contributed by atoms with Crippen LogP contribution in [0.5, 0.6) is 0 Å². The van der Waals surface area contributed by atoms with Crippen molar-refractivity contribution >= 4 is 29.0 Å². The number of rotatable bonds is 6. The largest absolute Gasteiger partial charge is 0.338 e. The van der Waals surface area contributed by atoms with Crippen molar-refractivity contribution in [3.63, 3.8) is 0 Å². The summed E-state index contributed by atoms with van der Waals surface area (Å²) in [5.74, 6) is -0.0845. The van der Waals surface area contributed by atoms with E-state index in [1.54, 1.807) is 11.3 Å². The lowest BCUT2D eigenvalue weighted by molar-refractivity contribution is -0.114. The van der Waals surface area contributed by atoms with Crippen molar-refractivity contribution in [1.82, 2.24) is 15.6 Å². The molecule has 1 aliphatic rings. The second kappa shape index (κ2) is 9.50. The number of amides is 3. The highest BCUT2D eigenvalue weighted by Gasteiger charge is 2.15. The van der Waals surface area contributed by atoms with E-state index in [0.29, 0.717) is 19.0 Å². The second-order valence-electron chi connectivity index (χ2n) is 6.87. The van der Waals surface area contributed by atoms with E-state index in [2.05, 4.69) is 20.9 Å². The van der Waals surface area contributed by atoms with Crippen LogP contribution in [0.2, 0.25) is 0 Å². The molecule has 6 nitrogen and oxygen atoms in total. The Morgan fingerprint density at radius 1 is 1.15 bits per heavy atom. The standard InChI is InChI=1S/C20H26N4O2S/c1-14(25)22-17-9-7-15(8-10-17)18-13-27-19(24-18)11-12-21-20(26)23-16-5-3-2-4-6-16/h7-10,13,16H,2-6,11-12H2,1H3,(H,22,25)(H2,21,23,26). The number of hydrogen-bond acceptors (Lipinski definition) is 4. The first-order chi connectivity index (χ1) is 13.1. The van der Waals surface area contributed by atoms with Gasteiger partial charge >= 0.3 is 6.03 Å². The van der Waals surface area contributed by atoms with E-state index in [9.17, 15) is 9.59 Å². The fraction of sp³-hybridized carbons (Fsp3) is 0.450. The summed E-state index contributed by atoms with van der Waals surface area (Å²) in [5, 5.41) is 11.8. The molecular weight excluding hydrogens is 360 g/mol. The molecule has 0 radical (unpaired) electrons. The normalized spacial score (nSPS) is 14.6. The summed E-state index contributed by atoms with van der Waals surface area (Å²) in [6, 6.07) is 7.87. The molecule has 3 rings (SSSR count). The van der Waals surface area contributed by atoms with Crippen LogP contribution < -0.4 is 16.0 Å². The summed E-state index contributed by atoms with van der Waals surface area (Å²) in [4.78, 5) is 27.7. The zero-order valence-corrected chi connectivity index (χ0v) is 16.4. The summed E-state index contributed by atoms with van der Waals surface area (Å²) in [7, 11) is 0. The minimum atomic E-state index is -0.0845. The van der Waals surface area contributed by atoms with Crippen LogP contribution in [0, 0.1) is 0 Å². The van der Waals surface area contributed by atoms with Gasteiger partial charge in [0.1, 0.15) is 0 Å². The topological polar surface area (TPSA) is 83.1 Å². The van der Waals surface area contributed by atoms with E-state index in [1.165, 1.54) is 26.2 Å². The molecule has 0 unspecified atom stereocenters. The molecule has 1 saturated carbocycles. The molecule has 1 aromatic heterocycles. The third kappa shape index (κ3) is 6.06. The number of hydrogen-bond donors (Lipinski definition) is 3. The van der Waals surface area contributed by atoms with Gasteiger partial charge in [-0.3, -0.25) is 4.79 Å². The SMILES string of the molecule is CC(=O)Nc1ccc(-c2csc(CCNC(=O)NC3CCCCC3)n2)cc1. The first kappa shape index (κ1) is 19.4. The second-order valence-corrected chi connectivity index (χ2v) is 7.81. The van der Waals surface area contributed by atoms with Gasteiger partial charge < -0.3 is 16.0 Å². The zero-order chi connectivity index (χ0) is 19.1. The number of carbonyl (C=O) groups is 2. The van der Waals surface area contributed by atoms with Crippen molar-refractivity contribution < 1.29 is 9.59 Å². The predicted molar refractivity (Wildman–Crippen MR) is 109 cm³/mol. The highest BCUT2D eigenvalue weighted by atomic mass is 32.1. The van der Waals surface area contributed by atoms with Crippen LogP contribution in [0.1, 0.15) is 44.0 Å². The summed E-state index contributed by atoms with van der Waals surface area (Å²) in [5.41, 5.74) is 2.69. The highest BCUT2D eigenvalue weighted by Crippen LogP contribution is 2.23. The van der Waals surface area contributed by atoms with E-state index in [0.717, 1.165) is 34.8 Å². The van der Waals surface area contributed by atoms with Gasteiger partial charge in [-0.05, 0) is 25.0 Å². The molecular formula is C20H26N4O2S. The number of aromatic nitrogens is 1. The summed E-state index contributed by atoms with van der Waals surface area (Å²) in [6.45, 7) is 2.07. The fourth-order valence-electron chi connectivity index (χ4n) is 3.25. The molecule has 1 fully saturated rings. The molecule has 3 amide bonds. The van der Waals surface area contributed by atoms with Crippen LogP contribution in [0.25, 0.3) is 11.3 Å². The summed E-state index contributed by atoms with van der Waals surface area (Å²) < 4.78 is 0. The molecule has 1 heterocycles. The number of carbonyl (C=O) groups excluding carboxylic acids is 2. The molecule has 0 aliphatic heterocycles. The Kier molecular flexibility index (Phi) is 6.81. The molecule has 0 spiro atoms. The van der Waals surface area contributed by atoms with Gasteiger partial charge in [0.25, 0.3) is 0 Å². The number of nitrogens with one attached hydrogen (secondary N) is 3. The Morgan fingerprint density at radius 3 is 2.59 bits per heavy atom. The van der Waals surface area contributed by atoms with Gasteiger partial charge in [0.05, 0.1) is 10.7 Å². The minimum absolute atomic E-state index is 0.0766. The van der Waals surface area contributed by atoms with Gasteiger partial charge in [0.2, 0.25) is 5.91 Å². The molecule has 0 bridgehead atoms. The molecule has 27 heavy (non-hydrogen) atoms. The lowest BCUT2D eigenvalue weighted by Gasteiger charge is -2.22. The Bertz CT molecular complexity index is 767. The Hall–Kier alpha value is -2.41. The Balaban J connectivity index is 1.45. The van der Waals surface area contributed by atoms with Crippen LogP contribution in [-0.2, 0) is 11.2 Å². The highest BCUT2D eigenvalue weighted by molar-refractivity contribution is 7.09. The van der Waals surface area contributed by atoms with Crippen molar-refractivity contribution in [3.8, 4) is 11.3 Å². The Morgan fingerprint density at radius 2 is 1.89 bits per heavy atom. The molecule has 144 valence electrons. The number of anilines is 1. The van der Waals surface area contributed by atoms with Crippen LogP contribution in [0.15, 0.2) is 29.6 Å². The van der Waals surface area contributed by atoms with Crippen LogP contribution in [0.3, 0.4) is 0 Å². The lowest BCUT2D eigenvalue weighted by atomic mass is 9.96. The van der Waals surface area contributed by atoms with Gasteiger partial charge in [-0.25, -0.2) is 9.78 Å². The molecule has 3 N–H and O–H groups in total. The molecule has 2 aromatic rings. The van der Waals surface area contributed by atoms with Crippen LogP contribution in [-0.4, -0.2) is 29.5 Å². The van der Waals surface area contributed by atoms with Gasteiger partial charge in [0, 0.05) is 42.6 Å². The van der Waals surface area contributed by atoms with Crippen molar-refractivity contribution in [1.29, 1.82) is 0 Å². The van der Waals surface area contributed by atoms with E-state index in [4.69, 9.17) is 0 Å². The molecule has 0 atom stereocenters. The minimum Gasteiger partial charge on any atom is -0.338 e. The van der Waals surface area contributed by atoms with E-state index < -0.39 is 0 Å². The van der Waals surface area contributed by atoms with E-state index >= 15 is 0 Å². The number of benzene rings is 1. The lowest BCUT2D eigenvalue weighted by Crippen LogP contribution is -2.43. The summed E-state index contributed by atoms with van der Waals surface area (Å²) in [6.07, 6.45) is 6.58. The van der Waals surface area contributed by atoms with Gasteiger partial charge in [-0.2, -0.15) is 0 Å². The average Bonchev–Trinajstić information content (AvgIpc) is 3.11. The van der Waals surface area contributed by atoms with E-state index in [1.807, 2.05) is 29.6 Å². The monoisotopic (exact) mass is 386 g/mol. The third-order valence-corrected chi connectivity index (χ3v) is 5.53. The Labute approximate surface area is 163 Å². The maximum atomic E-state index is 12.0. The maximum absolute atomic E-state index is 12.0. The van der Waals surface area contributed by atoms with Crippen LogP contribution in [0.4, 0.5) is 10.5 Å². The first-order valence-electron chi connectivity index (χ1n) is 9.47. The molecule has 0 saturated heterocycles. The van der Waals surface area contributed by atoms with E-state index in [-0.39, 0.29) is 11.9 Å². The number of thiazole rings is 1. The van der Waals surface area contributed by atoms with Crippen molar-refractivity contribution in [3.05, 3.63) is 34.7 Å². The van der Waals surface area contributed by atoms with Gasteiger partial charge in [0.15, 0.2) is 0 Å². The molecule has 1 aromatic carbocycles. The zero-order valence-electron chi connectivity index (χ0n) is 15.6. The summed E-state index contributed by atoms with van der Waals surface area (Å²) >= 11 is 1.59. The maximum Gasteiger partial charge on any atom is 0.315 e. The van der Waals surface area contributed by atoms with Crippen molar-refractivity contribution in [2.24, 2.45) is 0 Å². The predicted octanol–water partition coefficient (Wildman–Crippen LogP) is 3.94. The number of urea groups is 1. The number of nitrogens with zero attached hydrogens (tertiary/aromatic N) is 1. The van der Waals surface area contributed by atoms with Crippen LogP contribution >= 0.6 is 11.3 Å². The molecule has 1 aliphatic carbocycles. The smallest absolute Gasteiger partial charge is 0.315 e. The molecule has 7 heteroatoms. The van der Waals surface area contributed by atoms with Crippen molar-refractivity contribution in [2.75, 3.05) is 11.9 Å². The van der Waals surface area contributed by atoms with Gasteiger partial charge in [-0.1, -0.05) is 31.4 Å². The fourth-order valence-corrected chi connectivity index (χ4v) is 4.06. The third-order valence-electron chi connectivity index (χ3n) is 4.62. The van der Waals surface area contributed by atoms with Gasteiger partial charge in [-0.15, -0.1) is 11.3 Å². The first-order valence-corrected chi connectivity index (χ1v) is 10.3.